The van der Waals surface area contributed by atoms with Crippen LogP contribution < -0.4 is 4.74 Å². The Kier molecular flexibility index (Phi) is 6.22. The molecule has 4 rings (SSSR count). The Bertz CT molecular complexity index is 1220. The summed E-state index contributed by atoms with van der Waals surface area (Å²) >= 11 is 0. The van der Waals surface area contributed by atoms with Gasteiger partial charge in [0, 0.05) is 24.5 Å². The van der Waals surface area contributed by atoms with Gasteiger partial charge in [0.2, 0.25) is 0 Å². The van der Waals surface area contributed by atoms with Crippen LogP contribution in [0.4, 0.5) is 4.39 Å². The van der Waals surface area contributed by atoms with Crippen molar-refractivity contribution in [3.63, 3.8) is 0 Å². The molecule has 3 aromatic rings. The molecule has 0 saturated carbocycles. The molecule has 33 heavy (non-hydrogen) atoms. The molecule has 2 heterocycles. The lowest BCUT2D eigenvalue weighted by molar-refractivity contribution is -0.140. The number of pyridine rings is 1. The molecule has 0 aliphatic carbocycles. The van der Waals surface area contributed by atoms with Gasteiger partial charge in [0.05, 0.1) is 18.2 Å². The number of benzene rings is 2. The summed E-state index contributed by atoms with van der Waals surface area (Å²) < 4.78 is 19.1. The Labute approximate surface area is 191 Å². The third kappa shape index (κ3) is 4.35. The van der Waals surface area contributed by atoms with Crippen LogP contribution in [0.2, 0.25) is 0 Å². The molecule has 1 N–H and O–H groups in total. The Hall–Kier alpha value is -4.00. The molecule has 0 radical (unpaired) electrons. The average molecular weight is 446 g/mol. The van der Waals surface area contributed by atoms with E-state index in [0.717, 1.165) is 5.56 Å². The van der Waals surface area contributed by atoms with Crippen LogP contribution in [0.1, 0.15) is 35.2 Å². The van der Waals surface area contributed by atoms with Crippen molar-refractivity contribution in [2.24, 2.45) is 0 Å². The van der Waals surface area contributed by atoms with Crippen LogP contribution in [0, 0.1) is 12.7 Å². The number of carbonyl (C=O) groups is 2. The normalized spacial score (nSPS) is 17.4. The van der Waals surface area contributed by atoms with Crippen LogP contribution in [0.5, 0.6) is 5.75 Å². The van der Waals surface area contributed by atoms with E-state index < -0.39 is 23.5 Å². The zero-order valence-electron chi connectivity index (χ0n) is 18.3. The molecular formula is C26H23FN2O4. The number of halogens is 1. The minimum Gasteiger partial charge on any atom is -0.507 e. The van der Waals surface area contributed by atoms with Crippen LogP contribution >= 0.6 is 0 Å². The largest absolute Gasteiger partial charge is 0.507 e. The van der Waals surface area contributed by atoms with E-state index in [4.69, 9.17) is 4.74 Å². The van der Waals surface area contributed by atoms with Gasteiger partial charge < -0.3 is 14.7 Å². The monoisotopic (exact) mass is 446 g/mol. The van der Waals surface area contributed by atoms with Crippen LogP contribution in [-0.4, -0.2) is 33.3 Å². The maximum atomic E-state index is 13.6. The number of ketones is 1. The SMILES string of the molecule is CCOc1ccc(/C(O)=C2\C(=O)C(=O)N(Cc3cccnc3)C2c2ccc(F)cc2)c(C)c1. The smallest absolute Gasteiger partial charge is 0.295 e. The average Bonchev–Trinajstić information content (AvgIpc) is 3.05. The summed E-state index contributed by atoms with van der Waals surface area (Å²) in [6.07, 6.45) is 3.22. The topological polar surface area (TPSA) is 79.7 Å². The van der Waals surface area contributed by atoms with Gasteiger partial charge >= 0.3 is 0 Å². The number of aromatic nitrogens is 1. The molecule has 1 amide bonds. The molecule has 2 aromatic carbocycles. The van der Waals surface area contributed by atoms with Crippen molar-refractivity contribution in [1.29, 1.82) is 0 Å². The highest BCUT2D eigenvalue weighted by atomic mass is 19.1. The number of hydrogen-bond donors (Lipinski definition) is 1. The molecule has 1 fully saturated rings. The maximum absolute atomic E-state index is 13.6. The highest BCUT2D eigenvalue weighted by Gasteiger charge is 2.46. The first-order chi connectivity index (χ1) is 15.9. The predicted molar refractivity (Wildman–Crippen MR) is 121 cm³/mol. The number of aliphatic hydroxyl groups is 1. The number of rotatable bonds is 6. The highest BCUT2D eigenvalue weighted by Crippen LogP contribution is 2.41. The lowest BCUT2D eigenvalue weighted by atomic mass is 9.93. The van der Waals surface area contributed by atoms with E-state index in [1.165, 1.54) is 29.2 Å². The molecule has 168 valence electrons. The lowest BCUT2D eigenvalue weighted by Gasteiger charge is -2.25. The maximum Gasteiger partial charge on any atom is 0.295 e. The van der Waals surface area contributed by atoms with E-state index in [0.29, 0.717) is 29.0 Å². The van der Waals surface area contributed by atoms with Gasteiger partial charge in [0.1, 0.15) is 17.3 Å². The quantitative estimate of drug-likeness (QED) is 0.341. The van der Waals surface area contributed by atoms with Crippen molar-refractivity contribution in [3.05, 3.63) is 101 Å². The molecular weight excluding hydrogens is 423 g/mol. The van der Waals surface area contributed by atoms with Gasteiger partial charge in [-0.15, -0.1) is 0 Å². The number of Topliss-reactive ketones (excluding diaryl/α,β-unsaturated/α-hetero) is 1. The third-order valence-corrected chi connectivity index (χ3v) is 5.57. The molecule has 1 aliphatic rings. The van der Waals surface area contributed by atoms with Crippen LogP contribution in [-0.2, 0) is 16.1 Å². The molecule has 1 saturated heterocycles. The number of likely N-dealkylation sites (tertiary alicyclic amines) is 1. The molecule has 1 aromatic heterocycles. The van der Waals surface area contributed by atoms with Gasteiger partial charge in [-0.3, -0.25) is 14.6 Å². The minimum atomic E-state index is -0.878. The summed E-state index contributed by atoms with van der Waals surface area (Å²) in [7, 11) is 0. The van der Waals surface area contributed by atoms with Gasteiger partial charge in [-0.25, -0.2) is 4.39 Å². The molecule has 1 atom stereocenters. The number of ether oxygens (including phenoxy) is 1. The van der Waals surface area contributed by atoms with Crippen molar-refractivity contribution >= 4 is 17.4 Å². The van der Waals surface area contributed by atoms with Gasteiger partial charge in [0.15, 0.2) is 0 Å². The van der Waals surface area contributed by atoms with E-state index in [1.54, 1.807) is 49.6 Å². The summed E-state index contributed by atoms with van der Waals surface area (Å²) in [5.74, 6) is -1.61. The van der Waals surface area contributed by atoms with Crippen LogP contribution in [0.3, 0.4) is 0 Å². The molecule has 0 bridgehead atoms. The van der Waals surface area contributed by atoms with Gasteiger partial charge in [-0.2, -0.15) is 0 Å². The number of aliphatic hydroxyl groups excluding tert-OH is 1. The Morgan fingerprint density at radius 3 is 2.55 bits per heavy atom. The van der Waals surface area contributed by atoms with Crippen molar-refractivity contribution in [2.75, 3.05) is 6.61 Å². The molecule has 0 spiro atoms. The highest BCUT2D eigenvalue weighted by molar-refractivity contribution is 6.46. The van der Waals surface area contributed by atoms with E-state index >= 15 is 0 Å². The zero-order valence-corrected chi connectivity index (χ0v) is 18.3. The fourth-order valence-electron chi connectivity index (χ4n) is 4.03. The molecule has 7 heteroatoms. The van der Waals surface area contributed by atoms with E-state index in [2.05, 4.69) is 4.98 Å². The van der Waals surface area contributed by atoms with E-state index in [-0.39, 0.29) is 17.9 Å². The van der Waals surface area contributed by atoms with Crippen LogP contribution in [0.15, 0.2) is 72.6 Å². The fourth-order valence-corrected chi connectivity index (χ4v) is 4.03. The third-order valence-electron chi connectivity index (χ3n) is 5.57. The first-order valence-corrected chi connectivity index (χ1v) is 10.6. The molecule has 1 aliphatic heterocycles. The Morgan fingerprint density at radius 2 is 1.91 bits per heavy atom. The van der Waals surface area contributed by atoms with Crippen molar-refractivity contribution in [3.8, 4) is 5.75 Å². The zero-order chi connectivity index (χ0) is 23.5. The number of amides is 1. The van der Waals surface area contributed by atoms with Crippen molar-refractivity contribution in [2.45, 2.75) is 26.4 Å². The van der Waals surface area contributed by atoms with Gasteiger partial charge in [-0.05, 0) is 66.9 Å². The lowest BCUT2D eigenvalue weighted by Crippen LogP contribution is -2.29. The van der Waals surface area contributed by atoms with E-state index in [9.17, 15) is 19.1 Å². The number of aryl methyl sites for hydroxylation is 1. The second-order valence-corrected chi connectivity index (χ2v) is 7.75. The summed E-state index contributed by atoms with van der Waals surface area (Å²) in [6, 6.07) is 13.3. The second-order valence-electron chi connectivity index (χ2n) is 7.75. The Morgan fingerprint density at radius 1 is 1.15 bits per heavy atom. The predicted octanol–water partition coefficient (Wildman–Crippen LogP) is 4.55. The summed E-state index contributed by atoms with van der Waals surface area (Å²) in [6.45, 7) is 4.26. The van der Waals surface area contributed by atoms with Crippen LogP contribution in [0.25, 0.3) is 5.76 Å². The Balaban J connectivity index is 1.85. The summed E-state index contributed by atoms with van der Waals surface area (Å²) in [5.41, 5.74) is 2.32. The first-order valence-electron chi connectivity index (χ1n) is 10.6. The molecule has 6 nitrogen and oxygen atoms in total. The van der Waals surface area contributed by atoms with Gasteiger partial charge in [0.25, 0.3) is 11.7 Å². The number of nitrogens with zero attached hydrogens (tertiary/aromatic N) is 2. The first kappa shape index (κ1) is 22.2. The van der Waals surface area contributed by atoms with Gasteiger partial charge in [-0.1, -0.05) is 18.2 Å². The summed E-state index contributed by atoms with van der Waals surface area (Å²) in [4.78, 5) is 31.6. The molecule has 1 unspecified atom stereocenters. The fraction of sp³-hybridized carbons (Fsp3) is 0.192. The minimum absolute atomic E-state index is 0.0391. The standard InChI is InChI=1S/C26H23FN2O4/c1-3-33-20-10-11-21(16(2)13-20)24(30)22-23(18-6-8-19(27)9-7-18)29(26(32)25(22)31)15-17-5-4-12-28-14-17/h4-14,23,30H,3,15H2,1-2H3/b24-22+. The number of carbonyl (C=O) groups excluding carboxylic acids is 2. The number of hydrogen-bond acceptors (Lipinski definition) is 5. The van der Waals surface area contributed by atoms with Crippen molar-refractivity contribution in [1.82, 2.24) is 9.88 Å². The van der Waals surface area contributed by atoms with Crippen molar-refractivity contribution < 1.29 is 23.8 Å². The summed E-state index contributed by atoms with van der Waals surface area (Å²) in [5, 5.41) is 11.2. The van der Waals surface area contributed by atoms with E-state index in [1.807, 2.05) is 6.92 Å². The second kappa shape index (κ2) is 9.24.